The lowest BCUT2D eigenvalue weighted by atomic mass is 9.89. The number of allylic oxidation sites excluding steroid dienone is 1. The summed E-state index contributed by atoms with van der Waals surface area (Å²) < 4.78 is 2.22. The number of benzene rings is 3. The van der Waals surface area contributed by atoms with E-state index in [4.69, 9.17) is 0 Å². The van der Waals surface area contributed by atoms with Crippen LogP contribution in [0.15, 0.2) is 84.9 Å². The van der Waals surface area contributed by atoms with Crippen molar-refractivity contribution in [3.05, 3.63) is 96.1 Å². The summed E-state index contributed by atoms with van der Waals surface area (Å²) in [5.74, 6) is 2.26. The van der Waals surface area contributed by atoms with Gasteiger partial charge in [0.25, 0.3) is 0 Å². The van der Waals surface area contributed by atoms with Gasteiger partial charge in [0, 0.05) is 11.1 Å². The maximum atomic E-state index is 4.60. The van der Waals surface area contributed by atoms with E-state index in [9.17, 15) is 0 Å². The predicted molar refractivity (Wildman–Crippen MR) is 114 cm³/mol. The van der Waals surface area contributed by atoms with Crippen LogP contribution in [0, 0.1) is 5.92 Å². The van der Waals surface area contributed by atoms with Crippen LogP contribution in [0.25, 0.3) is 34.5 Å². The molecule has 1 aromatic heterocycles. The van der Waals surface area contributed by atoms with Gasteiger partial charge in [0.1, 0.15) is 0 Å². The Morgan fingerprint density at radius 1 is 0.750 bits per heavy atom. The first-order valence-corrected chi connectivity index (χ1v) is 9.68. The van der Waals surface area contributed by atoms with Crippen molar-refractivity contribution in [3.8, 4) is 28.5 Å². The zero-order valence-electron chi connectivity index (χ0n) is 15.8. The molecule has 1 unspecified atom stereocenters. The van der Waals surface area contributed by atoms with Gasteiger partial charge < -0.3 is 0 Å². The highest BCUT2D eigenvalue weighted by atomic mass is 15.3. The molecule has 4 aromatic rings. The minimum Gasteiger partial charge on any atom is -0.275 e. The highest BCUT2D eigenvalue weighted by Crippen LogP contribution is 2.34. The average Bonchev–Trinajstić information content (AvgIpc) is 3.19. The van der Waals surface area contributed by atoms with Crippen molar-refractivity contribution in [3.63, 3.8) is 0 Å². The minimum absolute atomic E-state index is 0.519. The molecule has 0 amide bonds. The molecular formula is C25H21N3. The molecule has 5 rings (SSSR count). The van der Waals surface area contributed by atoms with E-state index in [1.807, 2.05) is 36.4 Å². The zero-order valence-corrected chi connectivity index (χ0v) is 15.8. The zero-order chi connectivity index (χ0) is 18.9. The van der Waals surface area contributed by atoms with Gasteiger partial charge in [-0.1, -0.05) is 91.9 Å². The SMILES string of the molecule is CC1C=Cc2cccc(-n3c(-c4ccccc4)nnc3-c3ccccc3)c2C1. The lowest BCUT2D eigenvalue weighted by molar-refractivity contribution is 0.713. The molecule has 1 aliphatic rings. The highest BCUT2D eigenvalue weighted by molar-refractivity contribution is 5.70. The molecule has 0 saturated carbocycles. The largest absolute Gasteiger partial charge is 0.275 e. The molecule has 0 fully saturated rings. The molecular weight excluding hydrogens is 342 g/mol. The second kappa shape index (κ2) is 6.93. The third-order valence-corrected chi connectivity index (χ3v) is 5.29. The first kappa shape index (κ1) is 16.7. The average molecular weight is 363 g/mol. The summed E-state index contributed by atoms with van der Waals surface area (Å²) in [6.07, 6.45) is 5.54. The van der Waals surface area contributed by atoms with Crippen LogP contribution in [0.3, 0.4) is 0 Å². The van der Waals surface area contributed by atoms with Crippen molar-refractivity contribution in [1.29, 1.82) is 0 Å². The van der Waals surface area contributed by atoms with Gasteiger partial charge in [-0.15, -0.1) is 10.2 Å². The first-order valence-electron chi connectivity index (χ1n) is 9.68. The molecule has 0 spiro atoms. The number of hydrogen-bond acceptors (Lipinski definition) is 2. The van der Waals surface area contributed by atoms with Gasteiger partial charge in [0.2, 0.25) is 0 Å². The summed E-state index contributed by atoms with van der Waals surface area (Å²) in [6.45, 7) is 2.26. The first-order chi connectivity index (χ1) is 13.8. The molecule has 0 bridgehead atoms. The van der Waals surface area contributed by atoms with Crippen LogP contribution in [-0.4, -0.2) is 14.8 Å². The Bertz CT molecular complexity index is 1080. The van der Waals surface area contributed by atoms with E-state index in [-0.39, 0.29) is 0 Å². The molecule has 136 valence electrons. The molecule has 3 aromatic carbocycles. The molecule has 0 aliphatic heterocycles. The Kier molecular flexibility index (Phi) is 4.13. The van der Waals surface area contributed by atoms with E-state index < -0.39 is 0 Å². The van der Waals surface area contributed by atoms with E-state index in [0.29, 0.717) is 5.92 Å². The highest BCUT2D eigenvalue weighted by Gasteiger charge is 2.21. The van der Waals surface area contributed by atoms with Gasteiger partial charge >= 0.3 is 0 Å². The van der Waals surface area contributed by atoms with Gasteiger partial charge in [0.05, 0.1) is 5.69 Å². The molecule has 1 atom stereocenters. The van der Waals surface area contributed by atoms with Crippen molar-refractivity contribution >= 4 is 6.08 Å². The fourth-order valence-electron chi connectivity index (χ4n) is 3.90. The summed E-state index contributed by atoms with van der Waals surface area (Å²) in [5, 5.41) is 9.20. The molecule has 3 heteroatoms. The smallest absolute Gasteiger partial charge is 0.168 e. The number of hydrogen-bond donors (Lipinski definition) is 0. The standard InChI is InChI=1S/C25H21N3/c1-18-15-16-19-13-8-14-23(22(19)17-18)28-24(20-9-4-2-5-10-20)26-27-25(28)21-11-6-3-7-12-21/h2-16,18H,17H2,1H3. The lowest BCUT2D eigenvalue weighted by Gasteiger charge is -2.21. The van der Waals surface area contributed by atoms with Crippen molar-refractivity contribution in [2.24, 2.45) is 5.92 Å². The number of rotatable bonds is 3. The maximum Gasteiger partial charge on any atom is 0.168 e. The summed E-state index contributed by atoms with van der Waals surface area (Å²) in [7, 11) is 0. The van der Waals surface area contributed by atoms with E-state index in [2.05, 4.69) is 76.3 Å². The predicted octanol–water partition coefficient (Wildman–Crippen LogP) is 5.81. The Labute approximate surface area is 165 Å². The van der Waals surface area contributed by atoms with Gasteiger partial charge in [-0.3, -0.25) is 4.57 Å². The molecule has 1 heterocycles. The number of aromatic nitrogens is 3. The quantitative estimate of drug-likeness (QED) is 0.460. The molecule has 0 saturated heterocycles. The second-order valence-electron chi connectivity index (χ2n) is 7.30. The number of fused-ring (bicyclic) bond motifs is 1. The Balaban J connectivity index is 1.80. The normalized spacial score (nSPS) is 15.4. The minimum atomic E-state index is 0.519. The molecule has 1 aliphatic carbocycles. The van der Waals surface area contributed by atoms with E-state index in [1.54, 1.807) is 0 Å². The monoisotopic (exact) mass is 363 g/mol. The van der Waals surface area contributed by atoms with E-state index in [0.717, 1.165) is 34.9 Å². The molecule has 0 radical (unpaired) electrons. The Morgan fingerprint density at radius 2 is 1.36 bits per heavy atom. The van der Waals surface area contributed by atoms with Crippen molar-refractivity contribution in [2.75, 3.05) is 0 Å². The van der Waals surface area contributed by atoms with Crippen molar-refractivity contribution in [2.45, 2.75) is 13.3 Å². The Morgan fingerprint density at radius 3 is 1.96 bits per heavy atom. The van der Waals surface area contributed by atoms with Crippen LogP contribution in [0.2, 0.25) is 0 Å². The van der Waals surface area contributed by atoms with E-state index >= 15 is 0 Å². The van der Waals surface area contributed by atoms with Gasteiger partial charge in [-0.05, 0) is 29.5 Å². The Hall–Kier alpha value is -3.46. The van der Waals surface area contributed by atoms with Gasteiger partial charge in [-0.25, -0.2) is 0 Å². The summed E-state index contributed by atoms with van der Waals surface area (Å²) in [4.78, 5) is 0. The summed E-state index contributed by atoms with van der Waals surface area (Å²) in [5.41, 5.74) is 5.92. The lowest BCUT2D eigenvalue weighted by Crippen LogP contribution is -2.10. The second-order valence-corrected chi connectivity index (χ2v) is 7.30. The van der Waals surface area contributed by atoms with Crippen molar-refractivity contribution in [1.82, 2.24) is 14.8 Å². The van der Waals surface area contributed by atoms with Gasteiger partial charge in [-0.2, -0.15) is 0 Å². The fraction of sp³-hybridized carbons (Fsp3) is 0.120. The molecule has 28 heavy (non-hydrogen) atoms. The topological polar surface area (TPSA) is 30.7 Å². The summed E-state index contributed by atoms with van der Waals surface area (Å²) in [6, 6.07) is 27.1. The third-order valence-electron chi connectivity index (χ3n) is 5.29. The van der Waals surface area contributed by atoms with Crippen LogP contribution in [-0.2, 0) is 6.42 Å². The molecule has 0 N–H and O–H groups in total. The van der Waals surface area contributed by atoms with Crippen molar-refractivity contribution < 1.29 is 0 Å². The van der Waals surface area contributed by atoms with Crippen LogP contribution in [0.1, 0.15) is 18.1 Å². The fourth-order valence-corrected chi connectivity index (χ4v) is 3.90. The van der Waals surface area contributed by atoms with Crippen LogP contribution >= 0.6 is 0 Å². The van der Waals surface area contributed by atoms with Crippen LogP contribution in [0.5, 0.6) is 0 Å². The van der Waals surface area contributed by atoms with E-state index in [1.165, 1.54) is 11.1 Å². The van der Waals surface area contributed by atoms with Gasteiger partial charge in [0.15, 0.2) is 11.6 Å². The van der Waals surface area contributed by atoms with Crippen LogP contribution in [0.4, 0.5) is 0 Å². The summed E-state index contributed by atoms with van der Waals surface area (Å²) >= 11 is 0. The number of nitrogens with zero attached hydrogens (tertiary/aromatic N) is 3. The molecule has 3 nitrogen and oxygen atoms in total. The van der Waals surface area contributed by atoms with Crippen LogP contribution < -0.4 is 0 Å². The third kappa shape index (κ3) is 2.85. The maximum absolute atomic E-state index is 4.60.